The Bertz CT molecular complexity index is 1300. The lowest BCUT2D eigenvalue weighted by Gasteiger charge is -2.36. The van der Waals surface area contributed by atoms with Crippen LogP contribution in [0.5, 0.6) is 23.0 Å². The first-order valence-corrected chi connectivity index (χ1v) is 13.4. The Morgan fingerprint density at radius 1 is 1.02 bits per heavy atom. The van der Waals surface area contributed by atoms with Gasteiger partial charge in [0.05, 0.1) is 14.2 Å². The van der Waals surface area contributed by atoms with Gasteiger partial charge in [-0.2, -0.15) is 4.98 Å². The number of nitrogens with one attached hydrogen (secondary N) is 1. The Kier molecular flexibility index (Phi) is 10.1. The summed E-state index contributed by atoms with van der Waals surface area (Å²) < 4.78 is 36.4. The second-order valence-electron chi connectivity index (χ2n) is 9.80. The molecule has 1 fully saturated rings. The van der Waals surface area contributed by atoms with Crippen molar-refractivity contribution in [2.75, 3.05) is 70.8 Å². The van der Waals surface area contributed by atoms with Crippen LogP contribution in [-0.4, -0.2) is 92.5 Å². The van der Waals surface area contributed by atoms with Crippen LogP contribution in [0.2, 0.25) is 0 Å². The normalized spacial score (nSPS) is 14.0. The molecule has 1 saturated heterocycles. The number of nitrogens with zero attached hydrogens (tertiary/aromatic N) is 5. The molecule has 1 aliphatic rings. The van der Waals surface area contributed by atoms with Crippen molar-refractivity contribution in [1.29, 1.82) is 0 Å². The molecule has 1 amide bonds. The van der Waals surface area contributed by atoms with Crippen molar-refractivity contribution < 1.29 is 28.1 Å². The molecule has 41 heavy (non-hydrogen) atoms. The highest BCUT2D eigenvalue weighted by Gasteiger charge is 2.19. The quantitative estimate of drug-likeness (QED) is 0.358. The van der Waals surface area contributed by atoms with Crippen LogP contribution in [0.15, 0.2) is 48.7 Å². The lowest BCUT2D eigenvalue weighted by Crippen LogP contribution is -2.49. The van der Waals surface area contributed by atoms with Crippen molar-refractivity contribution in [3.8, 4) is 23.0 Å². The number of aromatic nitrogens is 2. The minimum absolute atomic E-state index is 0.179. The number of piperazine rings is 1. The van der Waals surface area contributed by atoms with Gasteiger partial charge in [-0.15, -0.1) is 0 Å². The maximum Gasteiger partial charge on any atom is 0.420 e. The Morgan fingerprint density at radius 3 is 2.34 bits per heavy atom. The molecule has 1 N–H and O–H groups in total. The first-order chi connectivity index (χ1) is 19.7. The zero-order valence-electron chi connectivity index (χ0n) is 24.1. The van der Waals surface area contributed by atoms with Crippen LogP contribution in [0, 0.1) is 5.82 Å². The van der Waals surface area contributed by atoms with Crippen LogP contribution in [0.1, 0.15) is 13.8 Å². The number of rotatable bonds is 11. The monoisotopic (exact) mass is 568 g/mol. The molecule has 0 spiro atoms. The SMILES string of the molecule is COc1cc(OC)cc(OC(=O)N(C)c2ccnc(Nc3ccc(OCCN4CCN(C(C)C)CC4)c(F)c3)n2)c1. The van der Waals surface area contributed by atoms with Crippen molar-refractivity contribution in [2.24, 2.45) is 0 Å². The van der Waals surface area contributed by atoms with E-state index in [-0.39, 0.29) is 23.3 Å². The van der Waals surface area contributed by atoms with Gasteiger partial charge < -0.3 is 24.3 Å². The molecular weight excluding hydrogens is 531 g/mol. The van der Waals surface area contributed by atoms with Crippen molar-refractivity contribution in [3.05, 3.63) is 54.5 Å². The van der Waals surface area contributed by atoms with Gasteiger partial charge in [0.25, 0.3) is 0 Å². The van der Waals surface area contributed by atoms with Crippen molar-refractivity contribution in [3.63, 3.8) is 0 Å². The van der Waals surface area contributed by atoms with Gasteiger partial charge >= 0.3 is 6.09 Å². The molecule has 2 aromatic carbocycles. The molecule has 0 unspecified atom stereocenters. The first kappa shape index (κ1) is 29.8. The number of halogens is 1. The largest absolute Gasteiger partial charge is 0.496 e. The van der Waals surface area contributed by atoms with E-state index in [1.807, 2.05) is 0 Å². The van der Waals surface area contributed by atoms with Gasteiger partial charge in [-0.3, -0.25) is 14.7 Å². The number of anilines is 3. The highest BCUT2D eigenvalue weighted by molar-refractivity contribution is 5.87. The molecule has 220 valence electrons. The van der Waals surface area contributed by atoms with E-state index in [4.69, 9.17) is 18.9 Å². The first-order valence-electron chi connectivity index (χ1n) is 13.4. The van der Waals surface area contributed by atoms with Gasteiger partial charge in [0.15, 0.2) is 11.6 Å². The van der Waals surface area contributed by atoms with Crippen molar-refractivity contribution >= 4 is 23.5 Å². The fraction of sp³-hybridized carbons (Fsp3) is 0.414. The highest BCUT2D eigenvalue weighted by Crippen LogP contribution is 2.28. The van der Waals surface area contributed by atoms with Gasteiger partial charge in [-0.1, -0.05) is 0 Å². The van der Waals surface area contributed by atoms with Crippen molar-refractivity contribution in [1.82, 2.24) is 19.8 Å². The number of carbonyl (C=O) groups excluding carboxylic acids is 1. The smallest absolute Gasteiger partial charge is 0.420 e. The van der Waals surface area contributed by atoms with E-state index >= 15 is 0 Å². The Balaban J connectivity index is 1.31. The predicted molar refractivity (Wildman–Crippen MR) is 154 cm³/mol. The molecule has 1 aliphatic heterocycles. The van der Waals surface area contributed by atoms with Gasteiger partial charge in [0.2, 0.25) is 5.95 Å². The zero-order chi connectivity index (χ0) is 29.4. The second-order valence-corrected chi connectivity index (χ2v) is 9.80. The molecule has 3 aromatic rings. The summed E-state index contributed by atoms with van der Waals surface area (Å²) in [7, 11) is 4.53. The van der Waals surface area contributed by atoms with E-state index in [2.05, 4.69) is 38.9 Å². The molecule has 0 atom stereocenters. The lowest BCUT2D eigenvalue weighted by molar-refractivity contribution is 0.0965. The van der Waals surface area contributed by atoms with E-state index in [1.165, 1.54) is 38.4 Å². The fourth-order valence-corrected chi connectivity index (χ4v) is 4.31. The summed E-state index contributed by atoms with van der Waals surface area (Å²) in [5.41, 5.74) is 0.436. The van der Waals surface area contributed by atoms with E-state index in [0.29, 0.717) is 29.8 Å². The molecule has 0 radical (unpaired) electrons. The van der Waals surface area contributed by atoms with Crippen molar-refractivity contribution in [2.45, 2.75) is 19.9 Å². The summed E-state index contributed by atoms with van der Waals surface area (Å²) in [6, 6.07) is 11.5. The minimum atomic E-state index is -0.681. The number of hydrogen-bond acceptors (Lipinski definition) is 10. The third-order valence-electron chi connectivity index (χ3n) is 6.78. The molecule has 0 saturated carbocycles. The number of carbonyl (C=O) groups is 1. The summed E-state index contributed by atoms with van der Waals surface area (Å²) >= 11 is 0. The third kappa shape index (κ3) is 8.18. The molecular formula is C29H37FN6O5. The number of amides is 1. The average molecular weight is 569 g/mol. The van der Waals surface area contributed by atoms with E-state index < -0.39 is 11.9 Å². The van der Waals surface area contributed by atoms with Gasteiger partial charge in [0.1, 0.15) is 29.7 Å². The topological polar surface area (TPSA) is 102 Å². The Morgan fingerprint density at radius 2 is 1.71 bits per heavy atom. The molecule has 12 heteroatoms. The second kappa shape index (κ2) is 14.0. The number of methoxy groups -OCH3 is 2. The van der Waals surface area contributed by atoms with Gasteiger partial charge in [-0.05, 0) is 32.0 Å². The summed E-state index contributed by atoms with van der Waals surface area (Å²) in [6.07, 6.45) is 0.803. The summed E-state index contributed by atoms with van der Waals surface area (Å²) in [5, 5.41) is 2.96. The van der Waals surface area contributed by atoms with Crippen LogP contribution in [0.3, 0.4) is 0 Å². The van der Waals surface area contributed by atoms with Crippen LogP contribution in [-0.2, 0) is 0 Å². The Labute approximate surface area is 239 Å². The number of benzene rings is 2. The maximum absolute atomic E-state index is 14.8. The van der Waals surface area contributed by atoms with Crippen LogP contribution < -0.4 is 29.2 Å². The summed E-state index contributed by atoms with van der Waals surface area (Å²) in [4.78, 5) is 27.3. The summed E-state index contributed by atoms with van der Waals surface area (Å²) in [6.45, 7) is 9.59. The molecule has 0 aliphatic carbocycles. The van der Waals surface area contributed by atoms with Crippen LogP contribution in [0.4, 0.5) is 26.6 Å². The lowest BCUT2D eigenvalue weighted by atomic mass is 10.2. The molecule has 11 nitrogen and oxygen atoms in total. The summed E-state index contributed by atoms with van der Waals surface area (Å²) in [5.74, 6) is 1.35. The predicted octanol–water partition coefficient (Wildman–Crippen LogP) is 4.42. The van der Waals surface area contributed by atoms with Crippen LogP contribution in [0.25, 0.3) is 0 Å². The molecule has 4 rings (SSSR count). The standard InChI is InChI=1S/C29H37FN6O5/c1-20(2)36-12-10-35(11-13-36)14-15-40-26-7-6-21(16-25(26)30)32-28-31-9-8-27(33-28)34(3)29(37)41-24-18-22(38-4)17-23(19-24)39-5/h6-9,16-20H,10-15H2,1-5H3,(H,31,32,33). The van der Waals surface area contributed by atoms with Crippen LogP contribution >= 0.6 is 0 Å². The average Bonchev–Trinajstić information content (AvgIpc) is 2.98. The van der Waals surface area contributed by atoms with E-state index in [1.54, 1.807) is 36.4 Å². The molecule has 1 aromatic heterocycles. The maximum atomic E-state index is 14.8. The number of hydrogen-bond donors (Lipinski definition) is 1. The zero-order valence-corrected chi connectivity index (χ0v) is 24.1. The third-order valence-corrected chi connectivity index (χ3v) is 6.78. The van der Waals surface area contributed by atoms with Gasteiger partial charge in [-0.25, -0.2) is 14.2 Å². The fourth-order valence-electron chi connectivity index (χ4n) is 4.31. The number of ether oxygens (including phenoxy) is 4. The molecule has 2 heterocycles. The Hall–Kier alpha value is -4.16. The van der Waals surface area contributed by atoms with E-state index in [0.717, 1.165) is 32.7 Å². The van der Waals surface area contributed by atoms with E-state index in [9.17, 15) is 9.18 Å². The minimum Gasteiger partial charge on any atom is -0.496 e. The molecule has 0 bridgehead atoms. The highest BCUT2D eigenvalue weighted by atomic mass is 19.1. The van der Waals surface area contributed by atoms with Gasteiger partial charge in [0, 0.05) is 82.0 Å².